The average Bonchev–Trinajstić information content (AvgIpc) is 2.43. The minimum absolute atomic E-state index is 0.155. The second-order valence-electron chi connectivity index (χ2n) is 4.48. The van der Waals surface area contributed by atoms with Gasteiger partial charge in [0.25, 0.3) is 5.91 Å². The predicted molar refractivity (Wildman–Crippen MR) is 78.7 cm³/mol. The molecule has 1 rings (SSSR count). The van der Waals surface area contributed by atoms with Crippen molar-refractivity contribution in [3.8, 4) is 0 Å². The minimum Gasteiger partial charge on any atom is -0.481 e. The van der Waals surface area contributed by atoms with Crippen LogP contribution < -0.4 is 5.32 Å². The van der Waals surface area contributed by atoms with Gasteiger partial charge < -0.3 is 15.5 Å². The Bertz CT molecular complexity index is 558. The van der Waals surface area contributed by atoms with E-state index in [1.165, 1.54) is 11.8 Å². The number of nitrogens with one attached hydrogen (secondary N) is 1. The zero-order valence-electron chi connectivity index (χ0n) is 11.8. The number of hydrogen-bond donors (Lipinski definition) is 3. The SMILES string of the molecule is CSc1ccc(C)c(C(=O)N[C@@H](CCC(=O)O)C(=O)O)c1. The van der Waals surface area contributed by atoms with Gasteiger partial charge in [-0.2, -0.15) is 0 Å². The summed E-state index contributed by atoms with van der Waals surface area (Å²) in [5, 5.41) is 20.0. The van der Waals surface area contributed by atoms with Gasteiger partial charge in [0.1, 0.15) is 6.04 Å². The molecule has 1 aromatic carbocycles. The molecule has 0 saturated heterocycles. The number of carbonyl (C=O) groups excluding carboxylic acids is 1. The number of rotatable bonds is 7. The second kappa shape index (κ2) is 7.68. The van der Waals surface area contributed by atoms with Crippen molar-refractivity contribution in [1.29, 1.82) is 0 Å². The van der Waals surface area contributed by atoms with E-state index in [2.05, 4.69) is 5.32 Å². The highest BCUT2D eigenvalue weighted by Crippen LogP contribution is 2.19. The van der Waals surface area contributed by atoms with Gasteiger partial charge in [-0.15, -0.1) is 11.8 Å². The molecule has 0 heterocycles. The molecule has 0 aliphatic heterocycles. The van der Waals surface area contributed by atoms with Crippen LogP contribution in [0.5, 0.6) is 0 Å². The first-order valence-electron chi connectivity index (χ1n) is 6.25. The summed E-state index contributed by atoms with van der Waals surface area (Å²) >= 11 is 1.47. The van der Waals surface area contributed by atoms with Crippen molar-refractivity contribution in [3.63, 3.8) is 0 Å². The lowest BCUT2D eigenvalue weighted by atomic mass is 10.1. The highest BCUT2D eigenvalue weighted by atomic mass is 32.2. The number of hydrogen-bond acceptors (Lipinski definition) is 4. The number of amides is 1. The molecular weight excluding hydrogens is 294 g/mol. The third-order valence-electron chi connectivity index (χ3n) is 2.94. The van der Waals surface area contributed by atoms with Gasteiger partial charge in [-0.05, 0) is 37.3 Å². The molecule has 0 radical (unpaired) electrons. The fourth-order valence-electron chi connectivity index (χ4n) is 1.73. The molecule has 6 nitrogen and oxygen atoms in total. The van der Waals surface area contributed by atoms with E-state index in [1.807, 2.05) is 12.3 Å². The van der Waals surface area contributed by atoms with Gasteiger partial charge in [0.2, 0.25) is 0 Å². The summed E-state index contributed by atoms with van der Waals surface area (Å²) in [7, 11) is 0. The summed E-state index contributed by atoms with van der Waals surface area (Å²) < 4.78 is 0. The van der Waals surface area contributed by atoms with Crippen LogP contribution >= 0.6 is 11.8 Å². The van der Waals surface area contributed by atoms with E-state index in [9.17, 15) is 14.4 Å². The highest BCUT2D eigenvalue weighted by molar-refractivity contribution is 7.98. The van der Waals surface area contributed by atoms with Crippen LogP contribution in [0.4, 0.5) is 0 Å². The molecule has 0 aliphatic rings. The molecule has 0 aromatic heterocycles. The zero-order valence-corrected chi connectivity index (χ0v) is 12.6. The monoisotopic (exact) mass is 311 g/mol. The average molecular weight is 311 g/mol. The number of carbonyl (C=O) groups is 3. The Labute approximate surface area is 126 Å². The van der Waals surface area contributed by atoms with E-state index in [-0.39, 0.29) is 12.8 Å². The smallest absolute Gasteiger partial charge is 0.326 e. The van der Waals surface area contributed by atoms with Gasteiger partial charge in [-0.3, -0.25) is 9.59 Å². The van der Waals surface area contributed by atoms with Crippen molar-refractivity contribution in [1.82, 2.24) is 5.32 Å². The third-order valence-corrected chi connectivity index (χ3v) is 3.67. The molecular formula is C14H17NO5S. The van der Waals surface area contributed by atoms with E-state index in [0.29, 0.717) is 5.56 Å². The maximum atomic E-state index is 12.2. The third kappa shape index (κ3) is 5.11. The number of thioether (sulfide) groups is 1. The predicted octanol–water partition coefficient (Wildman–Crippen LogP) is 1.76. The molecule has 21 heavy (non-hydrogen) atoms. The lowest BCUT2D eigenvalue weighted by molar-refractivity contribution is -0.140. The molecule has 1 amide bonds. The van der Waals surface area contributed by atoms with Gasteiger partial charge in [-0.25, -0.2) is 4.79 Å². The van der Waals surface area contributed by atoms with E-state index in [0.717, 1.165) is 10.5 Å². The van der Waals surface area contributed by atoms with Crippen molar-refractivity contribution < 1.29 is 24.6 Å². The van der Waals surface area contributed by atoms with Crippen molar-refractivity contribution in [3.05, 3.63) is 29.3 Å². The molecule has 0 unspecified atom stereocenters. The Morgan fingerprint density at radius 1 is 1.29 bits per heavy atom. The molecule has 0 aliphatic carbocycles. The lowest BCUT2D eigenvalue weighted by Crippen LogP contribution is -2.41. The first kappa shape index (κ1) is 17.0. The first-order chi connectivity index (χ1) is 9.85. The topological polar surface area (TPSA) is 104 Å². The Morgan fingerprint density at radius 2 is 1.95 bits per heavy atom. The highest BCUT2D eigenvalue weighted by Gasteiger charge is 2.22. The quantitative estimate of drug-likeness (QED) is 0.663. The maximum absolute atomic E-state index is 12.2. The molecule has 3 N–H and O–H groups in total. The van der Waals surface area contributed by atoms with Crippen molar-refractivity contribution >= 4 is 29.6 Å². The molecule has 1 atom stereocenters. The van der Waals surface area contributed by atoms with Crippen LogP contribution in [0.15, 0.2) is 23.1 Å². The Kier molecular flexibility index (Phi) is 6.23. The van der Waals surface area contributed by atoms with Crippen LogP contribution in [0, 0.1) is 6.92 Å². The second-order valence-corrected chi connectivity index (χ2v) is 5.36. The van der Waals surface area contributed by atoms with Crippen LogP contribution in [0.1, 0.15) is 28.8 Å². The maximum Gasteiger partial charge on any atom is 0.326 e. The van der Waals surface area contributed by atoms with E-state index in [4.69, 9.17) is 10.2 Å². The van der Waals surface area contributed by atoms with E-state index >= 15 is 0 Å². The number of carboxylic acids is 2. The van der Waals surface area contributed by atoms with Gasteiger partial charge in [0, 0.05) is 16.9 Å². The van der Waals surface area contributed by atoms with E-state index < -0.39 is 23.9 Å². The summed E-state index contributed by atoms with van der Waals surface area (Å²) in [6.45, 7) is 1.76. The number of aryl methyl sites for hydroxylation is 1. The fraction of sp³-hybridized carbons (Fsp3) is 0.357. The van der Waals surface area contributed by atoms with Gasteiger partial charge in [0.05, 0.1) is 0 Å². The molecule has 0 spiro atoms. The van der Waals surface area contributed by atoms with E-state index in [1.54, 1.807) is 19.1 Å². The standard InChI is InChI=1S/C14H17NO5S/c1-8-3-4-9(21-2)7-10(8)13(18)15-11(14(19)20)5-6-12(16)17/h3-4,7,11H,5-6H2,1-2H3,(H,15,18)(H,16,17)(H,19,20)/t11-/m0/s1. The Balaban J connectivity index is 2.86. The largest absolute Gasteiger partial charge is 0.481 e. The van der Waals surface area contributed by atoms with Crippen molar-refractivity contribution in [2.75, 3.05) is 6.26 Å². The summed E-state index contributed by atoms with van der Waals surface area (Å²) in [6, 6.07) is 4.13. The van der Waals surface area contributed by atoms with Crippen LogP contribution in [0.2, 0.25) is 0 Å². The summed E-state index contributed by atoms with van der Waals surface area (Å²) in [5.74, 6) is -2.86. The normalized spacial score (nSPS) is 11.7. The fourth-order valence-corrected chi connectivity index (χ4v) is 2.17. The first-order valence-corrected chi connectivity index (χ1v) is 7.47. The van der Waals surface area contributed by atoms with Crippen LogP contribution in [-0.2, 0) is 9.59 Å². The van der Waals surface area contributed by atoms with Crippen LogP contribution in [0.3, 0.4) is 0 Å². The van der Waals surface area contributed by atoms with Crippen LogP contribution in [0.25, 0.3) is 0 Å². The molecule has 0 bridgehead atoms. The minimum atomic E-state index is -1.25. The number of aliphatic carboxylic acids is 2. The van der Waals surface area contributed by atoms with Gasteiger partial charge >= 0.3 is 11.9 Å². The Morgan fingerprint density at radius 3 is 2.48 bits per heavy atom. The van der Waals surface area contributed by atoms with Gasteiger partial charge in [-0.1, -0.05) is 6.07 Å². The summed E-state index contributed by atoms with van der Waals surface area (Å²) in [4.78, 5) is 34.6. The summed E-state index contributed by atoms with van der Waals surface area (Å²) in [5.41, 5.74) is 1.12. The summed E-state index contributed by atoms with van der Waals surface area (Å²) in [6.07, 6.45) is 1.40. The van der Waals surface area contributed by atoms with Crippen LogP contribution in [-0.4, -0.2) is 40.4 Å². The Hall–Kier alpha value is -2.02. The molecule has 1 aromatic rings. The van der Waals surface area contributed by atoms with Crippen molar-refractivity contribution in [2.45, 2.75) is 30.7 Å². The zero-order chi connectivity index (χ0) is 16.0. The molecule has 0 fully saturated rings. The number of carboxylic acid groups (broad SMARTS) is 2. The molecule has 114 valence electrons. The molecule has 7 heteroatoms. The van der Waals surface area contributed by atoms with Gasteiger partial charge in [0.15, 0.2) is 0 Å². The number of benzene rings is 1. The van der Waals surface area contributed by atoms with Crippen molar-refractivity contribution in [2.24, 2.45) is 0 Å². The lowest BCUT2D eigenvalue weighted by Gasteiger charge is -2.15. The molecule has 0 saturated carbocycles.